The second kappa shape index (κ2) is 8.16. The van der Waals surface area contributed by atoms with Crippen LogP contribution < -0.4 is 5.73 Å². The Morgan fingerprint density at radius 1 is 0.944 bits per heavy atom. The average molecular weight is 254 g/mol. The molecular formula is C16H34N2. The molecular weight excluding hydrogens is 220 g/mol. The van der Waals surface area contributed by atoms with Gasteiger partial charge in [-0.1, -0.05) is 65.7 Å². The lowest BCUT2D eigenvalue weighted by molar-refractivity contribution is 0.0366. The Balaban J connectivity index is 1.86. The van der Waals surface area contributed by atoms with Crippen molar-refractivity contribution >= 4 is 0 Å². The standard InChI is InChI=1S/C16H34N2/c1-4-5-6-7-8-9-10-11-12-18-13-16(17,14-18)15(2)3/h15H,4-14,17H2,1-3H3. The van der Waals surface area contributed by atoms with Gasteiger partial charge in [0.1, 0.15) is 0 Å². The minimum atomic E-state index is 0.111. The third-order valence-corrected chi connectivity index (χ3v) is 4.51. The molecule has 0 aliphatic carbocycles. The lowest BCUT2D eigenvalue weighted by Crippen LogP contribution is -2.69. The first kappa shape index (κ1) is 16.0. The molecule has 0 unspecified atom stereocenters. The van der Waals surface area contributed by atoms with Crippen LogP contribution in [-0.2, 0) is 0 Å². The van der Waals surface area contributed by atoms with Gasteiger partial charge in [-0.25, -0.2) is 0 Å². The number of nitrogens with zero attached hydrogens (tertiary/aromatic N) is 1. The minimum absolute atomic E-state index is 0.111. The molecule has 0 aromatic rings. The second-order valence-corrected chi connectivity index (χ2v) is 6.57. The van der Waals surface area contributed by atoms with E-state index in [1.807, 2.05) is 0 Å². The fourth-order valence-electron chi connectivity index (χ4n) is 2.78. The third-order valence-electron chi connectivity index (χ3n) is 4.51. The van der Waals surface area contributed by atoms with Gasteiger partial charge in [0.25, 0.3) is 0 Å². The molecule has 0 saturated carbocycles. The molecule has 0 aromatic heterocycles. The van der Waals surface area contributed by atoms with E-state index in [4.69, 9.17) is 5.73 Å². The first-order valence-corrected chi connectivity index (χ1v) is 8.09. The van der Waals surface area contributed by atoms with Crippen LogP contribution in [0.15, 0.2) is 0 Å². The Bertz CT molecular complexity index is 207. The smallest absolute Gasteiger partial charge is 0.0435 e. The molecule has 2 heteroatoms. The zero-order valence-corrected chi connectivity index (χ0v) is 12.9. The van der Waals surface area contributed by atoms with Gasteiger partial charge in [0.15, 0.2) is 0 Å². The van der Waals surface area contributed by atoms with Crippen LogP contribution in [0.25, 0.3) is 0 Å². The molecule has 1 saturated heterocycles. The van der Waals surface area contributed by atoms with E-state index in [0.29, 0.717) is 5.92 Å². The largest absolute Gasteiger partial charge is 0.323 e. The van der Waals surface area contributed by atoms with Crippen molar-refractivity contribution in [2.24, 2.45) is 11.7 Å². The first-order valence-electron chi connectivity index (χ1n) is 8.09. The molecule has 0 radical (unpaired) electrons. The van der Waals surface area contributed by atoms with Gasteiger partial charge in [-0.2, -0.15) is 0 Å². The number of hydrogen-bond acceptors (Lipinski definition) is 2. The summed E-state index contributed by atoms with van der Waals surface area (Å²) in [6, 6.07) is 0. The van der Waals surface area contributed by atoms with Crippen LogP contribution >= 0.6 is 0 Å². The summed E-state index contributed by atoms with van der Waals surface area (Å²) < 4.78 is 0. The Hall–Kier alpha value is -0.0800. The van der Waals surface area contributed by atoms with Crippen molar-refractivity contribution < 1.29 is 0 Å². The lowest BCUT2D eigenvalue weighted by atomic mass is 9.80. The highest BCUT2D eigenvalue weighted by Gasteiger charge is 2.41. The zero-order chi connectivity index (χ0) is 13.4. The summed E-state index contributed by atoms with van der Waals surface area (Å²) in [5, 5.41) is 0. The van der Waals surface area contributed by atoms with Crippen LogP contribution in [0.4, 0.5) is 0 Å². The van der Waals surface area contributed by atoms with Gasteiger partial charge < -0.3 is 5.73 Å². The molecule has 1 aliphatic heterocycles. The van der Waals surface area contributed by atoms with Gasteiger partial charge in [0.2, 0.25) is 0 Å². The summed E-state index contributed by atoms with van der Waals surface area (Å²) in [7, 11) is 0. The number of hydrogen-bond donors (Lipinski definition) is 1. The van der Waals surface area contributed by atoms with E-state index in [9.17, 15) is 0 Å². The van der Waals surface area contributed by atoms with E-state index in [0.717, 1.165) is 13.1 Å². The fourth-order valence-corrected chi connectivity index (χ4v) is 2.78. The Morgan fingerprint density at radius 2 is 1.44 bits per heavy atom. The first-order chi connectivity index (χ1) is 8.58. The van der Waals surface area contributed by atoms with Crippen LogP contribution in [-0.4, -0.2) is 30.1 Å². The van der Waals surface area contributed by atoms with Crippen LogP contribution in [0, 0.1) is 5.92 Å². The molecule has 0 aromatic carbocycles. The Morgan fingerprint density at radius 3 is 1.94 bits per heavy atom. The summed E-state index contributed by atoms with van der Waals surface area (Å²) in [6.07, 6.45) is 11.3. The van der Waals surface area contributed by atoms with Gasteiger partial charge in [-0.15, -0.1) is 0 Å². The average Bonchev–Trinajstić information content (AvgIpc) is 2.29. The quantitative estimate of drug-likeness (QED) is 0.601. The van der Waals surface area contributed by atoms with Crippen LogP contribution in [0.5, 0.6) is 0 Å². The minimum Gasteiger partial charge on any atom is -0.323 e. The molecule has 0 amide bonds. The summed E-state index contributed by atoms with van der Waals surface area (Å²) >= 11 is 0. The van der Waals surface area contributed by atoms with Gasteiger partial charge in [-0.3, -0.25) is 4.90 Å². The van der Waals surface area contributed by atoms with Gasteiger partial charge in [-0.05, 0) is 18.9 Å². The molecule has 2 nitrogen and oxygen atoms in total. The SMILES string of the molecule is CCCCCCCCCCN1CC(N)(C(C)C)C1. The van der Waals surface area contributed by atoms with E-state index < -0.39 is 0 Å². The monoisotopic (exact) mass is 254 g/mol. The maximum Gasteiger partial charge on any atom is 0.0435 e. The number of unbranched alkanes of at least 4 members (excludes halogenated alkanes) is 7. The molecule has 1 fully saturated rings. The number of likely N-dealkylation sites (tertiary alicyclic amines) is 1. The van der Waals surface area contributed by atoms with E-state index in [-0.39, 0.29) is 5.54 Å². The van der Waals surface area contributed by atoms with E-state index in [1.165, 1.54) is 57.9 Å². The third kappa shape index (κ3) is 5.27. The van der Waals surface area contributed by atoms with Gasteiger partial charge in [0.05, 0.1) is 0 Å². The predicted octanol–water partition coefficient (Wildman–Crippen LogP) is 3.80. The highest BCUT2D eigenvalue weighted by molar-refractivity contribution is 5.01. The van der Waals surface area contributed by atoms with Crippen LogP contribution in [0.3, 0.4) is 0 Å². The van der Waals surface area contributed by atoms with Crippen molar-refractivity contribution in [2.75, 3.05) is 19.6 Å². The zero-order valence-electron chi connectivity index (χ0n) is 12.9. The van der Waals surface area contributed by atoms with Crippen LogP contribution in [0.2, 0.25) is 0 Å². The van der Waals surface area contributed by atoms with Crippen molar-refractivity contribution in [2.45, 2.75) is 77.7 Å². The molecule has 108 valence electrons. The molecule has 1 heterocycles. The number of nitrogens with two attached hydrogens (primary N) is 1. The van der Waals surface area contributed by atoms with Crippen molar-refractivity contribution in [3.8, 4) is 0 Å². The van der Waals surface area contributed by atoms with Gasteiger partial charge >= 0.3 is 0 Å². The summed E-state index contributed by atoms with van der Waals surface area (Å²) in [4.78, 5) is 2.52. The molecule has 1 rings (SSSR count). The maximum absolute atomic E-state index is 6.29. The highest BCUT2D eigenvalue weighted by atomic mass is 15.2. The molecule has 18 heavy (non-hydrogen) atoms. The molecule has 2 N–H and O–H groups in total. The topological polar surface area (TPSA) is 29.3 Å². The second-order valence-electron chi connectivity index (χ2n) is 6.57. The van der Waals surface area contributed by atoms with E-state index >= 15 is 0 Å². The van der Waals surface area contributed by atoms with Crippen molar-refractivity contribution in [3.05, 3.63) is 0 Å². The van der Waals surface area contributed by atoms with E-state index in [2.05, 4.69) is 25.7 Å². The Labute approximate surface area is 114 Å². The maximum atomic E-state index is 6.29. The van der Waals surface area contributed by atoms with Gasteiger partial charge in [0, 0.05) is 18.6 Å². The normalized spacial score (nSPS) is 19.2. The summed E-state index contributed by atoms with van der Waals surface area (Å²) in [6.45, 7) is 10.3. The predicted molar refractivity (Wildman–Crippen MR) is 80.8 cm³/mol. The van der Waals surface area contributed by atoms with Crippen molar-refractivity contribution in [3.63, 3.8) is 0 Å². The summed E-state index contributed by atoms with van der Waals surface area (Å²) in [5.74, 6) is 0.618. The number of rotatable bonds is 10. The molecule has 1 aliphatic rings. The summed E-state index contributed by atoms with van der Waals surface area (Å²) in [5.41, 5.74) is 6.40. The molecule has 0 atom stereocenters. The van der Waals surface area contributed by atoms with Crippen molar-refractivity contribution in [1.82, 2.24) is 4.90 Å². The highest BCUT2D eigenvalue weighted by Crippen LogP contribution is 2.26. The fraction of sp³-hybridized carbons (Fsp3) is 1.00. The molecule has 0 spiro atoms. The Kier molecular flexibility index (Phi) is 7.25. The van der Waals surface area contributed by atoms with E-state index in [1.54, 1.807) is 0 Å². The lowest BCUT2D eigenvalue weighted by Gasteiger charge is -2.50. The molecule has 0 bridgehead atoms. The van der Waals surface area contributed by atoms with Crippen LogP contribution in [0.1, 0.15) is 72.1 Å². The van der Waals surface area contributed by atoms with Crippen molar-refractivity contribution in [1.29, 1.82) is 0 Å².